The fourth-order valence-electron chi connectivity index (χ4n) is 2.33. The minimum atomic E-state index is 0.778. The summed E-state index contributed by atoms with van der Waals surface area (Å²) in [7, 11) is 1.80. The van der Waals surface area contributed by atoms with Gasteiger partial charge in [0.05, 0.1) is 10.7 Å². The van der Waals surface area contributed by atoms with Gasteiger partial charge in [-0.1, -0.05) is 29.8 Å². The standard InChI is InChI=1S/C17H24N4S/c1-12-6-5-7-15(10-12)11-20-17(18-4)19-9-8-16-13(2)21-14(3)22-16/h5-7,10H,8-9,11H2,1-4H3,(H2,18,19,20). The molecular weight excluding hydrogens is 292 g/mol. The van der Waals surface area contributed by atoms with E-state index < -0.39 is 0 Å². The summed E-state index contributed by atoms with van der Waals surface area (Å²) < 4.78 is 0. The molecule has 1 heterocycles. The molecule has 5 heteroatoms. The maximum Gasteiger partial charge on any atom is 0.191 e. The monoisotopic (exact) mass is 316 g/mol. The van der Waals surface area contributed by atoms with Gasteiger partial charge < -0.3 is 10.6 Å². The van der Waals surface area contributed by atoms with Crippen LogP contribution in [0.2, 0.25) is 0 Å². The number of hydrogen-bond donors (Lipinski definition) is 2. The summed E-state index contributed by atoms with van der Waals surface area (Å²) in [6, 6.07) is 8.49. The van der Waals surface area contributed by atoms with Crippen LogP contribution in [0.25, 0.3) is 0 Å². The lowest BCUT2D eigenvalue weighted by atomic mass is 10.1. The molecule has 0 unspecified atom stereocenters. The van der Waals surface area contributed by atoms with Crippen LogP contribution in [0.15, 0.2) is 29.3 Å². The van der Waals surface area contributed by atoms with E-state index in [0.717, 1.165) is 36.2 Å². The Bertz CT molecular complexity index is 646. The van der Waals surface area contributed by atoms with Crippen molar-refractivity contribution in [3.05, 3.63) is 51.0 Å². The van der Waals surface area contributed by atoms with E-state index >= 15 is 0 Å². The number of nitrogens with zero attached hydrogens (tertiary/aromatic N) is 2. The number of aliphatic imine (C=N–C) groups is 1. The minimum Gasteiger partial charge on any atom is -0.356 e. The fourth-order valence-corrected chi connectivity index (χ4v) is 3.27. The van der Waals surface area contributed by atoms with Gasteiger partial charge in [-0.05, 0) is 26.3 Å². The van der Waals surface area contributed by atoms with Gasteiger partial charge in [0.25, 0.3) is 0 Å². The van der Waals surface area contributed by atoms with Gasteiger partial charge in [0, 0.05) is 31.4 Å². The summed E-state index contributed by atoms with van der Waals surface area (Å²) in [6.45, 7) is 7.87. The van der Waals surface area contributed by atoms with Gasteiger partial charge in [0.1, 0.15) is 0 Å². The van der Waals surface area contributed by atoms with E-state index in [4.69, 9.17) is 0 Å². The lowest BCUT2D eigenvalue weighted by Gasteiger charge is -2.12. The highest BCUT2D eigenvalue weighted by Gasteiger charge is 2.05. The van der Waals surface area contributed by atoms with Crippen LogP contribution in [-0.4, -0.2) is 24.5 Å². The largest absolute Gasteiger partial charge is 0.356 e. The normalized spacial score (nSPS) is 11.5. The molecule has 1 aromatic heterocycles. The van der Waals surface area contributed by atoms with Crippen molar-refractivity contribution in [1.29, 1.82) is 0 Å². The van der Waals surface area contributed by atoms with Gasteiger partial charge in [0.2, 0.25) is 0 Å². The van der Waals surface area contributed by atoms with Crippen molar-refractivity contribution >= 4 is 17.3 Å². The fraction of sp³-hybridized carbons (Fsp3) is 0.412. The molecule has 0 amide bonds. The Balaban J connectivity index is 1.79. The SMILES string of the molecule is CN=C(NCCc1sc(C)nc1C)NCc1cccc(C)c1. The van der Waals surface area contributed by atoms with Crippen molar-refractivity contribution in [1.82, 2.24) is 15.6 Å². The lowest BCUT2D eigenvalue weighted by molar-refractivity contribution is 0.796. The summed E-state index contributed by atoms with van der Waals surface area (Å²) in [6.07, 6.45) is 0.975. The van der Waals surface area contributed by atoms with Gasteiger partial charge in [-0.25, -0.2) is 4.98 Å². The third kappa shape index (κ3) is 4.84. The van der Waals surface area contributed by atoms with Gasteiger partial charge in [0.15, 0.2) is 5.96 Å². The second-order valence-corrected chi connectivity index (χ2v) is 6.62. The zero-order chi connectivity index (χ0) is 15.9. The molecule has 0 aliphatic heterocycles. The molecule has 0 radical (unpaired) electrons. The zero-order valence-corrected chi connectivity index (χ0v) is 14.5. The molecule has 0 saturated carbocycles. The second kappa shape index (κ2) is 7.94. The van der Waals surface area contributed by atoms with Crippen LogP contribution in [0.1, 0.15) is 26.7 Å². The van der Waals surface area contributed by atoms with E-state index in [9.17, 15) is 0 Å². The first kappa shape index (κ1) is 16.5. The van der Waals surface area contributed by atoms with Crippen molar-refractivity contribution < 1.29 is 0 Å². The molecular formula is C17H24N4S. The van der Waals surface area contributed by atoms with Crippen molar-refractivity contribution in [2.75, 3.05) is 13.6 Å². The van der Waals surface area contributed by atoms with E-state index in [2.05, 4.69) is 65.6 Å². The highest BCUT2D eigenvalue weighted by Crippen LogP contribution is 2.16. The molecule has 2 rings (SSSR count). The van der Waals surface area contributed by atoms with Gasteiger partial charge in [-0.3, -0.25) is 4.99 Å². The van der Waals surface area contributed by atoms with Crippen LogP contribution >= 0.6 is 11.3 Å². The topological polar surface area (TPSA) is 49.3 Å². The number of guanidine groups is 1. The first-order valence-corrected chi connectivity index (χ1v) is 8.33. The number of rotatable bonds is 5. The molecule has 0 bridgehead atoms. The number of aromatic nitrogens is 1. The van der Waals surface area contributed by atoms with Crippen molar-refractivity contribution in [3.63, 3.8) is 0 Å². The number of benzene rings is 1. The third-order valence-electron chi connectivity index (χ3n) is 3.41. The number of nitrogens with one attached hydrogen (secondary N) is 2. The van der Waals surface area contributed by atoms with Crippen molar-refractivity contribution in [2.24, 2.45) is 4.99 Å². The quantitative estimate of drug-likeness (QED) is 0.658. The molecule has 118 valence electrons. The Morgan fingerprint density at radius 1 is 1.23 bits per heavy atom. The maximum absolute atomic E-state index is 4.46. The van der Waals surface area contributed by atoms with Crippen molar-refractivity contribution in [3.8, 4) is 0 Å². The van der Waals surface area contributed by atoms with E-state index in [1.165, 1.54) is 16.0 Å². The molecule has 22 heavy (non-hydrogen) atoms. The molecule has 0 atom stereocenters. The molecule has 0 fully saturated rings. The van der Waals surface area contributed by atoms with E-state index in [-0.39, 0.29) is 0 Å². The highest BCUT2D eigenvalue weighted by atomic mass is 32.1. The lowest BCUT2D eigenvalue weighted by Crippen LogP contribution is -2.37. The predicted octanol–water partition coefficient (Wildman–Crippen LogP) is 2.98. The molecule has 0 aliphatic carbocycles. The van der Waals surface area contributed by atoms with Crippen LogP contribution in [0.5, 0.6) is 0 Å². The van der Waals surface area contributed by atoms with E-state index in [1.54, 1.807) is 18.4 Å². The summed E-state index contributed by atoms with van der Waals surface area (Å²) in [5, 5.41) is 7.84. The Morgan fingerprint density at radius 3 is 2.68 bits per heavy atom. The summed E-state index contributed by atoms with van der Waals surface area (Å²) in [4.78, 5) is 10.1. The average Bonchev–Trinajstić information content (AvgIpc) is 2.80. The Hall–Kier alpha value is -1.88. The summed E-state index contributed by atoms with van der Waals surface area (Å²) in [5.74, 6) is 0.834. The van der Waals surface area contributed by atoms with E-state index in [1.807, 2.05) is 0 Å². The van der Waals surface area contributed by atoms with Gasteiger partial charge in [-0.2, -0.15) is 0 Å². The first-order chi connectivity index (χ1) is 10.6. The number of thiazole rings is 1. The molecule has 2 aromatic rings. The minimum absolute atomic E-state index is 0.778. The van der Waals surface area contributed by atoms with Crippen LogP contribution in [0.3, 0.4) is 0 Å². The van der Waals surface area contributed by atoms with Gasteiger partial charge in [-0.15, -0.1) is 11.3 Å². The molecule has 0 saturated heterocycles. The number of aryl methyl sites for hydroxylation is 3. The zero-order valence-electron chi connectivity index (χ0n) is 13.7. The maximum atomic E-state index is 4.46. The Kier molecular flexibility index (Phi) is 5.95. The smallest absolute Gasteiger partial charge is 0.191 e. The molecule has 0 aliphatic rings. The van der Waals surface area contributed by atoms with Crippen LogP contribution in [0.4, 0.5) is 0 Å². The Labute approximate surface area is 136 Å². The number of hydrogen-bond acceptors (Lipinski definition) is 3. The molecule has 4 nitrogen and oxygen atoms in total. The van der Waals surface area contributed by atoms with Crippen molar-refractivity contribution in [2.45, 2.75) is 33.7 Å². The molecule has 0 spiro atoms. The third-order valence-corrected chi connectivity index (χ3v) is 4.54. The van der Waals surface area contributed by atoms with Gasteiger partial charge >= 0.3 is 0 Å². The van der Waals surface area contributed by atoms with Crippen LogP contribution in [-0.2, 0) is 13.0 Å². The molecule has 1 aromatic carbocycles. The predicted molar refractivity (Wildman–Crippen MR) is 94.7 cm³/mol. The highest BCUT2D eigenvalue weighted by molar-refractivity contribution is 7.11. The summed E-state index contributed by atoms with van der Waals surface area (Å²) in [5.41, 5.74) is 3.68. The van der Waals surface area contributed by atoms with Crippen LogP contribution in [0, 0.1) is 20.8 Å². The molecule has 2 N–H and O–H groups in total. The van der Waals surface area contributed by atoms with E-state index in [0.29, 0.717) is 0 Å². The second-order valence-electron chi connectivity index (χ2n) is 5.33. The van der Waals surface area contributed by atoms with Crippen LogP contribution < -0.4 is 10.6 Å². The first-order valence-electron chi connectivity index (χ1n) is 7.51. The Morgan fingerprint density at radius 2 is 2.05 bits per heavy atom. The average molecular weight is 316 g/mol. The summed E-state index contributed by atoms with van der Waals surface area (Å²) >= 11 is 1.77.